The Hall–Kier alpha value is -2.92. The van der Waals surface area contributed by atoms with E-state index in [2.05, 4.69) is 11.9 Å². The highest BCUT2D eigenvalue weighted by atomic mass is 16.1. The molecule has 1 saturated heterocycles. The van der Waals surface area contributed by atoms with Crippen LogP contribution in [0.5, 0.6) is 0 Å². The van der Waals surface area contributed by atoms with Crippen LogP contribution < -0.4 is 5.84 Å². The van der Waals surface area contributed by atoms with Crippen molar-refractivity contribution in [2.75, 3.05) is 26.0 Å². The van der Waals surface area contributed by atoms with Crippen LogP contribution in [0, 0.1) is 0 Å². The molecule has 0 spiro atoms. The average molecular weight is 404 g/mol. The predicted molar refractivity (Wildman–Crippen MR) is 121 cm³/mol. The van der Waals surface area contributed by atoms with Gasteiger partial charge in [-0.25, -0.2) is 0 Å². The number of nitrogens with zero attached hydrogens (tertiary/aromatic N) is 2. The van der Waals surface area contributed by atoms with Crippen LogP contribution in [-0.2, 0) is 0 Å². The largest absolute Gasteiger partial charge is 0.339 e. The van der Waals surface area contributed by atoms with Crippen LogP contribution in [0.15, 0.2) is 48.7 Å². The van der Waals surface area contributed by atoms with Crippen molar-refractivity contribution in [3.8, 4) is 0 Å². The van der Waals surface area contributed by atoms with Gasteiger partial charge in [0.1, 0.15) is 0 Å². The molecule has 0 amide bonds. The fraction of sp³-hybridized carbons (Fsp3) is 0.360. The number of rotatable bonds is 6. The molecule has 0 unspecified atom stereocenters. The topological polar surface area (TPSA) is 68.3 Å². The molecule has 156 valence electrons. The van der Waals surface area contributed by atoms with Crippen LogP contribution in [0.4, 0.5) is 0 Å². The Morgan fingerprint density at radius 1 is 1.03 bits per heavy atom. The molecule has 30 heavy (non-hydrogen) atoms. The summed E-state index contributed by atoms with van der Waals surface area (Å²) in [5.41, 5.74) is 3.94. The predicted octanol–water partition coefficient (Wildman–Crippen LogP) is 4.38. The zero-order chi connectivity index (χ0) is 21.3. The van der Waals surface area contributed by atoms with Gasteiger partial charge in [-0.1, -0.05) is 25.1 Å². The highest BCUT2D eigenvalue weighted by molar-refractivity contribution is 6.12. The molecule has 0 atom stereocenters. The van der Waals surface area contributed by atoms with E-state index in [1.165, 1.54) is 5.56 Å². The van der Waals surface area contributed by atoms with E-state index in [4.69, 9.17) is 5.84 Å². The summed E-state index contributed by atoms with van der Waals surface area (Å²) in [4.78, 5) is 27.8. The number of hydrogen-bond donors (Lipinski definition) is 1. The minimum absolute atomic E-state index is 0.0675. The molecule has 2 N–H and O–H groups in total. The van der Waals surface area contributed by atoms with Crippen LogP contribution in [0.1, 0.15) is 70.4 Å². The quantitative estimate of drug-likeness (QED) is 0.490. The van der Waals surface area contributed by atoms with Crippen molar-refractivity contribution in [3.63, 3.8) is 0 Å². The summed E-state index contributed by atoms with van der Waals surface area (Å²) in [5, 5.41) is 1.05. The molecule has 2 heterocycles. The van der Waals surface area contributed by atoms with Gasteiger partial charge in [0.05, 0.1) is 5.52 Å². The van der Waals surface area contributed by atoms with E-state index < -0.39 is 0 Å². The summed E-state index contributed by atoms with van der Waals surface area (Å²) < 4.78 is 1.67. The maximum Gasteiger partial charge on any atom is 0.193 e. The first-order valence-corrected chi connectivity index (χ1v) is 10.7. The van der Waals surface area contributed by atoms with Gasteiger partial charge >= 0.3 is 0 Å². The number of fused-ring (bicyclic) bond motifs is 1. The van der Waals surface area contributed by atoms with Gasteiger partial charge < -0.3 is 10.7 Å². The van der Waals surface area contributed by atoms with Gasteiger partial charge in [-0.05, 0) is 75.1 Å². The van der Waals surface area contributed by atoms with E-state index >= 15 is 0 Å². The molecule has 1 aliphatic heterocycles. The first-order valence-electron chi connectivity index (χ1n) is 10.7. The first-order chi connectivity index (χ1) is 14.5. The molecule has 3 aromatic rings. The average Bonchev–Trinajstić information content (AvgIpc) is 3.10. The molecular formula is C25H29N3O2. The Morgan fingerprint density at radius 2 is 1.73 bits per heavy atom. The summed E-state index contributed by atoms with van der Waals surface area (Å²) in [6, 6.07) is 12.8. The lowest BCUT2D eigenvalue weighted by Crippen LogP contribution is -2.29. The third kappa shape index (κ3) is 3.90. The van der Waals surface area contributed by atoms with Crippen LogP contribution >= 0.6 is 0 Å². The molecule has 5 heteroatoms. The number of likely N-dealkylation sites (tertiary alicyclic amines) is 1. The van der Waals surface area contributed by atoms with Crippen molar-refractivity contribution in [2.45, 2.75) is 38.5 Å². The lowest BCUT2D eigenvalue weighted by Gasteiger charge is -2.28. The molecule has 0 radical (unpaired) electrons. The number of ketones is 2. The van der Waals surface area contributed by atoms with E-state index in [-0.39, 0.29) is 11.6 Å². The molecule has 5 nitrogen and oxygen atoms in total. The molecule has 1 aliphatic rings. The van der Waals surface area contributed by atoms with Gasteiger partial charge in [0, 0.05) is 34.7 Å². The fourth-order valence-corrected chi connectivity index (χ4v) is 4.44. The van der Waals surface area contributed by atoms with Crippen molar-refractivity contribution in [2.24, 2.45) is 0 Å². The molecule has 0 saturated carbocycles. The van der Waals surface area contributed by atoms with E-state index in [0.717, 1.165) is 43.3 Å². The zero-order valence-corrected chi connectivity index (χ0v) is 17.7. The second-order valence-corrected chi connectivity index (χ2v) is 8.38. The van der Waals surface area contributed by atoms with Crippen molar-refractivity contribution < 1.29 is 9.59 Å². The second-order valence-electron chi connectivity index (χ2n) is 8.38. The van der Waals surface area contributed by atoms with Crippen molar-refractivity contribution in [3.05, 3.63) is 70.9 Å². The SMILES string of the molecule is CCCC(=O)c1cccc(C(=O)c2ccc3c(c2)c(C2CCN(C)CC2)cn3N)c1. The fourth-order valence-electron chi connectivity index (χ4n) is 4.44. The number of piperidine rings is 1. The van der Waals surface area contributed by atoms with Gasteiger partial charge in [-0.3, -0.25) is 14.3 Å². The lowest BCUT2D eigenvalue weighted by atomic mass is 9.88. The number of nitrogens with two attached hydrogens (primary N) is 1. The van der Waals surface area contributed by atoms with Gasteiger partial charge in [-0.2, -0.15) is 0 Å². The van der Waals surface area contributed by atoms with Gasteiger partial charge in [0.15, 0.2) is 11.6 Å². The maximum atomic E-state index is 13.2. The Morgan fingerprint density at radius 3 is 2.47 bits per heavy atom. The maximum absolute atomic E-state index is 13.2. The highest BCUT2D eigenvalue weighted by Crippen LogP contribution is 2.34. The Bertz CT molecular complexity index is 1090. The molecule has 4 rings (SSSR count). The summed E-state index contributed by atoms with van der Waals surface area (Å²) in [7, 11) is 2.15. The van der Waals surface area contributed by atoms with Crippen molar-refractivity contribution in [1.82, 2.24) is 9.58 Å². The van der Waals surface area contributed by atoms with Crippen LogP contribution in [0.2, 0.25) is 0 Å². The molecular weight excluding hydrogens is 374 g/mol. The number of nitrogen functional groups attached to an aromatic ring is 1. The van der Waals surface area contributed by atoms with Gasteiger partial charge in [0.2, 0.25) is 0 Å². The Labute approximate surface area is 177 Å². The standard InChI is InChI=1S/C25H29N3O2/c1-3-5-24(29)18-6-4-7-19(14-18)25(30)20-8-9-23-21(15-20)22(16-28(23)26)17-10-12-27(2)13-11-17/h4,6-9,14-17H,3,5,10-13,26H2,1-2H3. The minimum atomic E-state index is -0.0675. The Kier molecular flexibility index (Phi) is 5.73. The smallest absolute Gasteiger partial charge is 0.193 e. The number of Topliss-reactive ketones (excluding diaryl/α,β-unsaturated/α-hetero) is 1. The number of aromatic nitrogens is 1. The number of carbonyl (C=O) groups is 2. The summed E-state index contributed by atoms with van der Waals surface area (Å²) in [5.74, 6) is 6.68. The molecule has 0 aliphatic carbocycles. The number of carbonyl (C=O) groups excluding carboxylic acids is 2. The van der Waals surface area contributed by atoms with E-state index in [1.807, 2.05) is 31.3 Å². The third-order valence-electron chi connectivity index (χ3n) is 6.21. The molecule has 0 bridgehead atoms. The van der Waals surface area contributed by atoms with Crippen molar-refractivity contribution in [1.29, 1.82) is 0 Å². The van der Waals surface area contributed by atoms with Crippen molar-refractivity contribution >= 4 is 22.5 Å². The van der Waals surface area contributed by atoms with E-state index in [0.29, 0.717) is 29.0 Å². The number of hydrogen-bond acceptors (Lipinski definition) is 4. The number of benzene rings is 2. The molecule has 1 aromatic heterocycles. The van der Waals surface area contributed by atoms with Crippen LogP contribution in [-0.4, -0.2) is 41.3 Å². The third-order valence-corrected chi connectivity index (χ3v) is 6.21. The second kappa shape index (κ2) is 8.44. The first kappa shape index (κ1) is 20.4. The summed E-state index contributed by atoms with van der Waals surface area (Å²) in [6.45, 7) is 4.12. The van der Waals surface area contributed by atoms with Gasteiger partial charge in [0.25, 0.3) is 0 Å². The van der Waals surface area contributed by atoms with E-state index in [9.17, 15) is 9.59 Å². The van der Waals surface area contributed by atoms with Crippen LogP contribution in [0.3, 0.4) is 0 Å². The summed E-state index contributed by atoms with van der Waals surface area (Å²) >= 11 is 0. The van der Waals surface area contributed by atoms with Crippen LogP contribution in [0.25, 0.3) is 10.9 Å². The Balaban J connectivity index is 1.68. The highest BCUT2D eigenvalue weighted by Gasteiger charge is 2.23. The van der Waals surface area contributed by atoms with Gasteiger partial charge in [-0.15, -0.1) is 0 Å². The normalized spacial score (nSPS) is 15.5. The lowest BCUT2D eigenvalue weighted by molar-refractivity contribution is 0.0981. The molecule has 1 fully saturated rings. The monoisotopic (exact) mass is 403 g/mol. The zero-order valence-electron chi connectivity index (χ0n) is 17.7. The summed E-state index contributed by atoms with van der Waals surface area (Å²) in [6.07, 6.45) is 5.49. The van der Waals surface area contributed by atoms with E-state index in [1.54, 1.807) is 28.9 Å². The molecule has 2 aromatic carbocycles. The minimum Gasteiger partial charge on any atom is -0.339 e.